The van der Waals surface area contributed by atoms with Crippen molar-refractivity contribution >= 4 is 27.3 Å². The molecule has 0 aliphatic heterocycles. The van der Waals surface area contributed by atoms with Crippen molar-refractivity contribution in [1.29, 1.82) is 0 Å². The fourth-order valence-corrected chi connectivity index (χ4v) is 1.89. The van der Waals surface area contributed by atoms with E-state index in [2.05, 4.69) is 31.6 Å². The first-order chi connectivity index (χ1) is 5.83. The predicted molar refractivity (Wildman–Crippen MR) is 57.0 cm³/mol. The van der Waals surface area contributed by atoms with Crippen molar-refractivity contribution in [3.8, 4) is 0 Å². The van der Waals surface area contributed by atoms with E-state index in [-0.39, 0.29) is 0 Å². The first-order valence-electron chi connectivity index (χ1n) is 4.00. The highest BCUT2D eigenvalue weighted by atomic mass is 79.9. The molecule has 0 saturated heterocycles. The van der Waals surface area contributed by atoms with Gasteiger partial charge in [0.15, 0.2) is 0 Å². The minimum atomic E-state index is 0.908. The van der Waals surface area contributed by atoms with Crippen molar-refractivity contribution < 1.29 is 0 Å². The van der Waals surface area contributed by atoms with E-state index < -0.39 is 0 Å². The lowest BCUT2D eigenvalue weighted by molar-refractivity contribution is 0.676. The van der Waals surface area contributed by atoms with Gasteiger partial charge in [0.2, 0.25) is 0 Å². The van der Waals surface area contributed by atoms with Crippen LogP contribution < -0.4 is 5.32 Å². The molecule has 2 nitrogen and oxygen atoms in total. The average Bonchev–Trinajstić information content (AvgIpc) is 2.45. The number of nitrogens with one attached hydrogen (secondary N) is 1. The van der Waals surface area contributed by atoms with E-state index in [1.165, 1.54) is 11.4 Å². The predicted octanol–water partition coefficient (Wildman–Crippen LogP) is 2.33. The molecule has 0 bridgehead atoms. The highest BCUT2D eigenvalue weighted by Gasteiger charge is 1.96. The Morgan fingerprint density at radius 2 is 2.50 bits per heavy atom. The molecule has 1 aromatic rings. The summed E-state index contributed by atoms with van der Waals surface area (Å²) in [6.07, 6.45) is 1.17. The minimum absolute atomic E-state index is 0.908. The Morgan fingerprint density at radius 1 is 1.67 bits per heavy atom. The van der Waals surface area contributed by atoms with Crippen LogP contribution in [0.2, 0.25) is 0 Å². The van der Waals surface area contributed by atoms with Crippen molar-refractivity contribution in [2.45, 2.75) is 19.9 Å². The number of nitrogens with zero attached hydrogens (tertiary/aromatic N) is 1. The largest absolute Gasteiger partial charge is 0.310 e. The molecule has 0 saturated carbocycles. The molecule has 0 fully saturated rings. The van der Waals surface area contributed by atoms with Gasteiger partial charge in [0.25, 0.3) is 0 Å². The first kappa shape index (κ1) is 10.2. The number of aryl methyl sites for hydroxylation is 1. The molecule has 1 N–H and O–H groups in total. The third-order valence-electron chi connectivity index (χ3n) is 1.43. The minimum Gasteiger partial charge on any atom is -0.310 e. The van der Waals surface area contributed by atoms with Gasteiger partial charge in [-0.3, -0.25) is 0 Å². The van der Waals surface area contributed by atoms with Crippen molar-refractivity contribution in [2.24, 2.45) is 0 Å². The molecular formula is C8H13BrN2S. The molecule has 0 aliphatic carbocycles. The highest BCUT2D eigenvalue weighted by molar-refractivity contribution is 9.09. The Morgan fingerprint density at radius 3 is 3.08 bits per heavy atom. The number of halogens is 1. The lowest BCUT2D eigenvalue weighted by Gasteiger charge is -1.98. The van der Waals surface area contributed by atoms with E-state index in [1.807, 2.05) is 6.92 Å². The molecule has 0 aliphatic rings. The molecule has 68 valence electrons. The quantitative estimate of drug-likeness (QED) is 0.640. The molecule has 4 heteroatoms. The second-order valence-corrected chi connectivity index (χ2v) is 4.34. The molecule has 0 spiro atoms. The van der Waals surface area contributed by atoms with Gasteiger partial charge in [-0.25, -0.2) is 4.98 Å². The van der Waals surface area contributed by atoms with Gasteiger partial charge >= 0.3 is 0 Å². The van der Waals surface area contributed by atoms with Crippen LogP contribution in [0.25, 0.3) is 0 Å². The summed E-state index contributed by atoms with van der Waals surface area (Å²) < 4.78 is 0. The topological polar surface area (TPSA) is 24.9 Å². The van der Waals surface area contributed by atoms with Gasteiger partial charge < -0.3 is 5.32 Å². The molecule has 1 rings (SSSR count). The van der Waals surface area contributed by atoms with Crippen molar-refractivity contribution in [3.63, 3.8) is 0 Å². The Labute approximate surface area is 85.5 Å². The van der Waals surface area contributed by atoms with Crippen LogP contribution in [0.15, 0.2) is 5.38 Å². The van der Waals surface area contributed by atoms with Gasteiger partial charge in [-0.05, 0) is 19.9 Å². The summed E-state index contributed by atoms with van der Waals surface area (Å²) in [6.45, 7) is 3.99. The summed E-state index contributed by atoms with van der Waals surface area (Å²) in [5.74, 6) is 0. The maximum absolute atomic E-state index is 4.35. The molecule has 0 atom stereocenters. The number of hydrogen-bond acceptors (Lipinski definition) is 3. The van der Waals surface area contributed by atoms with Crippen LogP contribution in [0.1, 0.15) is 17.1 Å². The summed E-state index contributed by atoms with van der Waals surface area (Å²) in [7, 11) is 0. The summed E-state index contributed by atoms with van der Waals surface area (Å²) in [5.41, 5.74) is 1.12. The molecule has 0 amide bonds. The van der Waals surface area contributed by atoms with Crippen LogP contribution in [-0.2, 0) is 6.54 Å². The number of alkyl halides is 1. The molecule has 0 radical (unpaired) electrons. The summed E-state index contributed by atoms with van der Waals surface area (Å²) in [6, 6.07) is 0. The molecule has 0 unspecified atom stereocenters. The molecule has 12 heavy (non-hydrogen) atoms. The zero-order valence-corrected chi connectivity index (χ0v) is 9.54. The lowest BCUT2D eigenvalue weighted by Crippen LogP contribution is -2.14. The standard InChI is InChI=1S/C8H13BrN2S/c1-7-6-12-8(11-7)5-10-4-2-3-9/h6,10H,2-5H2,1H3. The Hall–Kier alpha value is 0.0700. The van der Waals surface area contributed by atoms with Gasteiger partial charge in [0, 0.05) is 22.9 Å². The van der Waals surface area contributed by atoms with Gasteiger partial charge in [-0.2, -0.15) is 0 Å². The van der Waals surface area contributed by atoms with Gasteiger partial charge in [0.1, 0.15) is 5.01 Å². The molecule has 0 aromatic carbocycles. The molecule has 1 aromatic heterocycles. The van der Waals surface area contributed by atoms with Crippen molar-refractivity contribution in [2.75, 3.05) is 11.9 Å². The average molecular weight is 249 g/mol. The highest BCUT2D eigenvalue weighted by Crippen LogP contribution is 2.07. The van der Waals surface area contributed by atoms with Gasteiger partial charge in [-0.1, -0.05) is 15.9 Å². The zero-order chi connectivity index (χ0) is 8.81. The van der Waals surface area contributed by atoms with E-state index in [9.17, 15) is 0 Å². The summed E-state index contributed by atoms with van der Waals surface area (Å²) >= 11 is 5.11. The van der Waals surface area contributed by atoms with Crippen molar-refractivity contribution in [3.05, 3.63) is 16.1 Å². The maximum atomic E-state index is 4.35. The fraction of sp³-hybridized carbons (Fsp3) is 0.625. The third kappa shape index (κ3) is 3.65. The van der Waals surface area contributed by atoms with E-state index in [0.717, 1.165) is 24.1 Å². The normalized spacial score (nSPS) is 10.5. The Balaban J connectivity index is 2.15. The van der Waals surface area contributed by atoms with E-state index in [4.69, 9.17) is 0 Å². The molecular weight excluding hydrogens is 236 g/mol. The molecule has 1 heterocycles. The van der Waals surface area contributed by atoms with Crippen LogP contribution in [0.4, 0.5) is 0 Å². The van der Waals surface area contributed by atoms with E-state index >= 15 is 0 Å². The second kappa shape index (κ2) is 5.67. The van der Waals surface area contributed by atoms with Gasteiger partial charge in [-0.15, -0.1) is 11.3 Å². The van der Waals surface area contributed by atoms with Crippen LogP contribution in [0, 0.1) is 6.92 Å². The third-order valence-corrected chi connectivity index (χ3v) is 2.96. The van der Waals surface area contributed by atoms with Crippen LogP contribution in [0.5, 0.6) is 0 Å². The zero-order valence-electron chi connectivity index (χ0n) is 7.14. The number of rotatable bonds is 5. The summed E-state index contributed by atoms with van der Waals surface area (Å²) in [5, 5.41) is 7.67. The van der Waals surface area contributed by atoms with Crippen LogP contribution in [-0.4, -0.2) is 16.9 Å². The van der Waals surface area contributed by atoms with Crippen LogP contribution >= 0.6 is 27.3 Å². The van der Waals surface area contributed by atoms with E-state index in [0.29, 0.717) is 0 Å². The lowest BCUT2D eigenvalue weighted by atomic mass is 10.5. The number of thiazole rings is 1. The monoisotopic (exact) mass is 248 g/mol. The van der Waals surface area contributed by atoms with Gasteiger partial charge in [0.05, 0.1) is 0 Å². The Kier molecular flexibility index (Phi) is 4.80. The second-order valence-electron chi connectivity index (χ2n) is 2.60. The first-order valence-corrected chi connectivity index (χ1v) is 6.00. The number of hydrogen-bond donors (Lipinski definition) is 1. The summed E-state index contributed by atoms with van der Waals surface area (Å²) in [4.78, 5) is 4.35. The number of aromatic nitrogens is 1. The fourth-order valence-electron chi connectivity index (χ4n) is 0.871. The van der Waals surface area contributed by atoms with E-state index in [1.54, 1.807) is 11.3 Å². The van der Waals surface area contributed by atoms with Crippen LogP contribution in [0.3, 0.4) is 0 Å². The Bertz CT molecular complexity index is 225. The smallest absolute Gasteiger partial charge is 0.107 e. The maximum Gasteiger partial charge on any atom is 0.107 e. The SMILES string of the molecule is Cc1csc(CNCCCBr)n1. The van der Waals surface area contributed by atoms with Crippen molar-refractivity contribution in [1.82, 2.24) is 10.3 Å².